The molecule has 160 valence electrons. The molecule has 9 heteroatoms. The van der Waals surface area contributed by atoms with Crippen LogP contribution in [0.3, 0.4) is 0 Å². The normalized spacial score (nSPS) is 11.2. The lowest BCUT2D eigenvalue weighted by atomic mass is 10.2. The Morgan fingerprint density at radius 2 is 1.75 bits per heavy atom. The molecule has 0 atom stereocenters. The molecule has 6 nitrogen and oxygen atoms in total. The van der Waals surface area contributed by atoms with Crippen LogP contribution in [0.4, 0.5) is 10.5 Å². The van der Waals surface area contributed by atoms with Gasteiger partial charge in [0.25, 0.3) is 0 Å². The average molecular weight is 481 g/mol. The number of rotatable bonds is 5. The fourth-order valence-electron chi connectivity index (χ4n) is 3.34. The van der Waals surface area contributed by atoms with E-state index >= 15 is 0 Å². The molecule has 0 saturated heterocycles. The fourth-order valence-corrected chi connectivity index (χ4v) is 6.30. The van der Waals surface area contributed by atoms with Crippen LogP contribution >= 0.6 is 34.2 Å². The molecule has 0 aliphatic carbocycles. The summed E-state index contributed by atoms with van der Waals surface area (Å²) < 4.78 is 11.8. The smallest absolute Gasteiger partial charge is 0.412 e. The highest BCUT2D eigenvalue weighted by Gasteiger charge is 2.19. The third kappa shape index (κ3) is 3.97. The van der Waals surface area contributed by atoms with E-state index in [4.69, 9.17) is 4.74 Å². The summed E-state index contributed by atoms with van der Waals surface area (Å²) in [6.07, 6.45) is -0.527. The van der Waals surface area contributed by atoms with E-state index in [-0.39, 0.29) is 6.61 Å². The Hall–Kier alpha value is -3.27. The number of carboxylic acids is 1. The number of nitrogens with one attached hydrogen (secondary N) is 1. The van der Waals surface area contributed by atoms with Gasteiger partial charge in [0.15, 0.2) is 0 Å². The van der Waals surface area contributed by atoms with Crippen molar-refractivity contribution in [2.75, 3.05) is 5.32 Å². The predicted molar refractivity (Wildman–Crippen MR) is 130 cm³/mol. The Kier molecular flexibility index (Phi) is 5.38. The highest BCUT2D eigenvalue weighted by molar-refractivity contribution is 7.25. The quantitative estimate of drug-likeness (QED) is 0.283. The molecule has 2 N–H and O–H groups in total. The van der Waals surface area contributed by atoms with Crippen LogP contribution in [0.25, 0.3) is 29.9 Å². The second-order valence-corrected chi connectivity index (χ2v) is 10.1. The summed E-state index contributed by atoms with van der Waals surface area (Å²) in [4.78, 5) is 25.8. The first-order valence-electron chi connectivity index (χ1n) is 9.63. The predicted octanol–water partition coefficient (Wildman–Crippen LogP) is 6.99. The van der Waals surface area contributed by atoms with Crippen LogP contribution in [-0.4, -0.2) is 21.5 Å². The zero-order valence-corrected chi connectivity index (χ0v) is 19.2. The highest BCUT2D eigenvalue weighted by atomic mass is 32.1. The molecule has 1 amide bonds. The summed E-state index contributed by atoms with van der Waals surface area (Å²) >= 11 is 4.18. The number of hydrogen-bond acceptors (Lipinski definition) is 7. The highest BCUT2D eigenvalue weighted by Crippen LogP contribution is 2.43. The maximum Gasteiger partial charge on any atom is 0.412 e. The van der Waals surface area contributed by atoms with E-state index < -0.39 is 12.1 Å². The molecule has 0 saturated carbocycles. The number of aromatic carboxylic acids is 1. The Balaban J connectivity index is 1.41. The monoisotopic (exact) mass is 480 g/mol. The van der Waals surface area contributed by atoms with Crippen LogP contribution in [0.5, 0.6) is 0 Å². The van der Waals surface area contributed by atoms with Crippen LogP contribution in [0.1, 0.15) is 20.9 Å². The minimum Gasteiger partial charge on any atom is -0.477 e. The van der Waals surface area contributed by atoms with E-state index in [9.17, 15) is 14.7 Å². The van der Waals surface area contributed by atoms with Crippen molar-refractivity contribution in [3.63, 3.8) is 0 Å². The summed E-state index contributed by atoms with van der Waals surface area (Å²) in [7, 11) is 0. The number of carbonyl (C=O) groups is 2. The number of benzene rings is 2. The molecule has 5 aromatic rings. The molecular formula is C23H16N2O4S3. The van der Waals surface area contributed by atoms with E-state index in [0.717, 1.165) is 41.2 Å². The molecule has 32 heavy (non-hydrogen) atoms. The lowest BCUT2D eigenvalue weighted by Gasteiger charge is -2.08. The number of ether oxygens (including phenoxy) is 1. The Morgan fingerprint density at radius 1 is 1.03 bits per heavy atom. The molecule has 0 fully saturated rings. The first-order chi connectivity index (χ1) is 15.5. The van der Waals surface area contributed by atoms with Gasteiger partial charge in [-0.05, 0) is 59.1 Å². The summed E-state index contributed by atoms with van der Waals surface area (Å²) in [5, 5.41) is 14.0. The average Bonchev–Trinajstić information content (AvgIpc) is 3.48. The van der Waals surface area contributed by atoms with Crippen molar-refractivity contribution in [2.45, 2.75) is 13.5 Å². The fraction of sp³-hybridized carbons (Fsp3) is 0.0870. The summed E-state index contributed by atoms with van der Waals surface area (Å²) in [5.74, 6) is -0.912. The number of aryl methyl sites for hydroxylation is 1. The second kappa shape index (κ2) is 8.34. The lowest BCUT2D eigenvalue weighted by molar-refractivity contribution is 0.0702. The molecule has 0 bridgehead atoms. The van der Waals surface area contributed by atoms with Gasteiger partial charge >= 0.3 is 12.1 Å². The van der Waals surface area contributed by atoms with E-state index in [0.29, 0.717) is 10.6 Å². The van der Waals surface area contributed by atoms with Crippen molar-refractivity contribution in [1.82, 2.24) is 4.37 Å². The largest absolute Gasteiger partial charge is 0.477 e. The van der Waals surface area contributed by atoms with Crippen molar-refractivity contribution < 1.29 is 19.4 Å². The van der Waals surface area contributed by atoms with Crippen LogP contribution < -0.4 is 5.32 Å². The van der Waals surface area contributed by atoms with Crippen LogP contribution in [0.15, 0.2) is 54.6 Å². The zero-order chi connectivity index (χ0) is 22.2. The van der Waals surface area contributed by atoms with Gasteiger partial charge in [-0.2, -0.15) is 4.37 Å². The van der Waals surface area contributed by atoms with Gasteiger partial charge in [-0.15, -0.1) is 22.7 Å². The number of thiophene rings is 2. The van der Waals surface area contributed by atoms with Crippen molar-refractivity contribution in [3.8, 4) is 9.75 Å². The van der Waals surface area contributed by atoms with Gasteiger partial charge in [-0.25, -0.2) is 9.59 Å². The van der Waals surface area contributed by atoms with Crippen molar-refractivity contribution >= 4 is 72.1 Å². The van der Waals surface area contributed by atoms with E-state index in [1.54, 1.807) is 17.4 Å². The molecule has 3 aromatic heterocycles. The Labute approximate surface area is 194 Å². The molecule has 5 rings (SSSR count). The lowest BCUT2D eigenvalue weighted by Crippen LogP contribution is -2.14. The Morgan fingerprint density at radius 3 is 2.50 bits per heavy atom. The molecule has 0 aliphatic rings. The molecule has 3 heterocycles. The third-order valence-electron chi connectivity index (χ3n) is 4.89. The van der Waals surface area contributed by atoms with Crippen molar-refractivity contribution in [3.05, 3.63) is 70.7 Å². The number of hydrogen-bond donors (Lipinski definition) is 2. The summed E-state index contributed by atoms with van der Waals surface area (Å²) in [6, 6.07) is 17.3. The van der Waals surface area contributed by atoms with E-state index in [1.165, 1.54) is 22.9 Å². The number of carboxylic acid groups (broad SMARTS) is 1. The topological polar surface area (TPSA) is 88.5 Å². The zero-order valence-electron chi connectivity index (χ0n) is 16.7. The van der Waals surface area contributed by atoms with Gasteiger partial charge in [0.1, 0.15) is 11.5 Å². The standard InChI is InChI=1S/C23H16N2O4S3/c1-12-20(24-23(28)29-11-13-5-3-2-4-6-13)21(32-25-12)18-9-14-7-17-15(8-16(14)30-18)10-19(31-17)22(26)27/h2-10H,11H2,1H3,(H,24,28)(H,26,27). The van der Waals surface area contributed by atoms with Gasteiger partial charge in [-0.1, -0.05) is 30.3 Å². The molecule has 0 radical (unpaired) electrons. The van der Waals surface area contributed by atoms with Crippen LogP contribution in [0, 0.1) is 6.92 Å². The van der Waals surface area contributed by atoms with Crippen molar-refractivity contribution in [1.29, 1.82) is 0 Å². The SMILES string of the molecule is Cc1nsc(-c2cc3cc4sc(C(=O)O)cc4cc3s2)c1NC(=O)OCc1ccccc1. The first kappa shape index (κ1) is 20.6. The molecule has 0 unspecified atom stereocenters. The first-order valence-corrected chi connectivity index (χ1v) is 12.0. The van der Waals surface area contributed by atoms with E-state index in [2.05, 4.69) is 9.69 Å². The van der Waals surface area contributed by atoms with E-state index in [1.807, 2.05) is 55.5 Å². The van der Waals surface area contributed by atoms with Crippen molar-refractivity contribution in [2.24, 2.45) is 0 Å². The summed E-state index contributed by atoms with van der Waals surface area (Å²) in [6.45, 7) is 2.04. The molecule has 0 aliphatic heterocycles. The van der Waals surface area contributed by atoms with Gasteiger partial charge in [0.05, 0.1) is 16.3 Å². The van der Waals surface area contributed by atoms with Crippen LogP contribution in [-0.2, 0) is 11.3 Å². The van der Waals surface area contributed by atoms with Gasteiger partial charge in [-0.3, -0.25) is 5.32 Å². The maximum absolute atomic E-state index is 12.4. The minimum atomic E-state index is -0.912. The molecule has 0 spiro atoms. The maximum atomic E-state index is 12.4. The number of nitrogens with zero attached hydrogens (tertiary/aromatic N) is 1. The number of carbonyl (C=O) groups excluding carboxylic acids is 1. The van der Waals surface area contributed by atoms with Gasteiger partial charge in [0, 0.05) is 14.3 Å². The number of aromatic nitrogens is 1. The number of anilines is 1. The number of amides is 1. The number of fused-ring (bicyclic) bond motifs is 2. The van der Waals surface area contributed by atoms with Crippen LogP contribution in [0.2, 0.25) is 0 Å². The van der Waals surface area contributed by atoms with Gasteiger partial charge < -0.3 is 9.84 Å². The molecular weight excluding hydrogens is 464 g/mol. The third-order valence-corrected chi connectivity index (χ3v) is 8.19. The molecule has 2 aromatic carbocycles. The van der Waals surface area contributed by atoms with Gasteiger partial charge in [0.2, 0.25) is 0 Å². The minimum absolute atomic E-state index is 0.191. The summed E-state index contributed by atoms with van der Waals surface area (Å²) in [5.41, 5.74) is 2.29. The Bertz CT molecular complexity index is 1420. The second-order valence-electron chi connectivity index (χ2n) is 7.11.